The summed E-state index contributed by atoms with van der Waals surface area (Å²) in [6, 6.07) is 9.41. The van der Waals surface area contributed by atoms with E-state index in [2.05, 4.69) is 10.8 Å². The van der Waals surface area contributed by atoms with E-state index in [1.807, 2.05) is 0 Å². The maximum Gasteiger partial charge on any atom is 0.423 e. The number of benzene rings is 1. The maximum absolute atomic E-state index is 9.61. The molecule has 0 aliphatic carbocycles. The van der Waals surface area contributed by atoms with Crippen LogP contribution in [0, 0.1) is 6.07 Å². The third-order valence-corrected chi connectivity index (χ3v) is 0.838. The van der Waals surface area contributed by atoms with Crippen LogP contribution in [0.1, 0.15) is 0 Å². The summed E-state index contributed by atoms with van der Waals surface area (Å²) in [6.07, 6.45) is 0. The third-order valence-electron chi connectivity index (χ3n) is 0.838. The molecular weight excluding hydrogens is 116 g/mol. The Morgan fingerprint density at radius 3 is 3.11 bits per heavy atom. The molecular formula is C7H4O2. The number of ether oxygens (including phenoxy) is 1. The first-order chi connectivity index (χ1) is 4.43. The van der Waals surface area contributed by atoms with Crippen molar-refractivity contribution in [1.29, 1.82) is 0 Å². The van der Waals surface area contributed by atoms with Crippen LogP contribution in [0.15, 0.2) is 24.3 Å². The maximum atomic E-state index is 9.61. The number of carbonyl (C=O) groups excluding carboxylic acids is 1. The van der Waals surface area contributed by atoms with Crippen molar-refractivity contribution in [2.75, 3.05) is 0 Å². The van der Waals surface area contributed by atoms with Crippen LogP contribution in [0.4, 0.5) is 0 Å². The zero-order valence-corrected chi connectivity index (χ0v) is 4.63. The van der Waals surface area contributed by atoms with Gasteiger partial charge in [0.15, 0.2) is 0 Å². The third kappa shape index (κ3) is 1.57. The van der Waals surface area contributed by atoms with Crippen LogP contribution in [0.3, 0.4) is 0 Å². The molecule has 0 spiro atoms. The van der Waals surface area contributed by atoms with Crippen molar-refractivity contribution in [2.24, 2.45) is 0 Å². The predicted molar refractivity (Wildman–Crippen MR) is 31.6 cm³/mol. The second-order valence-electron chi connectivity index (χ2n) is 1.42. The van der Waals surface area contributed by atoms with Crippen molar-refractivity contribution < 1.29 is 9.53 Å². The second kappa shape index (κ2) is 2.87. The van der Waals surface area contributed by atoms with Gasteiger partial charge in [0.05, 0.1) is 0 Å². The van der Waals surface area contributed by atoms with Crippen molar-refractivity contribution >= 4 is 6.47 Å². The molecule has 2 radical (unpaired) electrons. The van der Waals surface area contributed by atoms with Gasteiger partial charge in [0.2, 0.25) is 0 Å². The summed E-state index contributed by atoms with van der Waals surface area (Å²) >= 11 is 0. The second-order valence-corrected chi connectivity index (χ2v) is 1.42. The highest BCUT2D eigenvalue weighted by molar-refractivity contribution is 5.45. The van der Waals surface area contributed by atoms with Crippen molar-refractivity contribution in [2.45, 2.75) is 0 Å². The minimum atomic E-state index is 0.465. The van der Waals surface area contributed by atoms with Crippen LogP contribution >= 0.6 is 0 Å². The van der Waals surface area contributed by atoms with Gasteiger partial charge in [-0.05, 0) is 18.2 Å². The molecule has 0 amide bonds. The molecule has 2 heteroatoms. The van der Waals surface area contributed by atoms with Crippen molar-refractivity contribution in [3.05, 3.63) is 30.3 Å². The molecule has 0 aliphatic rings. The van der Waals surface area contributed by atoms with Crippen molar-refractivity contribution in [3.8, 4) is 5.75 Å². The lowest BCUT2D eigenvalue weighted by atomic mass is 10.3. The van der Waals surface area contributed by atoms with Gasteiger partial charge in [-0.2, -0.15) is 0 Å². The fourth-order valence-electron chi connectivity index (χ4n) is 0.488. The highest BCUT2D eigenvalue weighted by Gasteiger charge is 1.86. The monoisotopic (exact) mass is 120 g/mol. The Kier molecular flexibility index (Phi) is 1.85. The van der Waals surface area contributed by atoms with Crippen LogP contribution < -0.4 is 4.74 Å². The average Bonchev–Trinajstić information content (AvgIpc) is 1.91. The molecule has 0 atom stereocenters. The first-order valence-corrected chi connectivity index (χ1v) is 2.43. The Bertz CT molecular complexity index is 181. The highest BCUT2D eigenvalue weighted by atomic mass is 16.5. The summed E-state index contributed by atoms with van der Waals surface area (Å²) < 4.78 is 4.37. The Balaban J connectivity index is 2.72. The van der Waals surface area contributed by atoms with Crippen LogP contribution in [-0.2, 0) is 4.79 Å². The van der Waals surface area contributed by atoms with Gasteiger partial charge >= 0.3 is 6.47 Å². The smallest absolute Gasteiger partial charge is 0.418 e. The van der Waals surface area contributed by atoms with Gasteiger partial charge in [-0.1, -0.05) is 12.1 Å². The van der Waals surface area contributed by atoms with Crippen LogP contribution in [0.25, 0.3) is 0 Å². The first kappa shape index (κ1) is 5.82. The summed E-state index contributed by atoms with van der Waals surface area (Å²) in [5.41, 5.74) is 0. The van der Waals surface area contributed by atoms with E-state index in [-0.39, 0.29) is 0 Å². The Morgan fingerprint density at radius 1 is 1.67 bits per heavy atom. The van der Waals surface area contributed by atoms with Crippen LogP contribution in [0.2, 0.25) is 0 Å². The molecule has 1 aromatic carbocycles. The van der Waals surface area contributed by atoms with Gasteiger partial charge in [-0.15, -0.1) is 0 Å². The molecule has 0 saturated carbocycles. The summed E-state index contributed by atoms with van der Waals surface area (Å²) in [7, 11) is 0. The first-order valence-electron chi connectivity index (χ1n) is 2.43. The van der Waals surface area contributed by atoms with E-state index < -0.39 is 0 Å². The normalized spacial score (nSPS) is 8.44. The minimum absolute atomic E-state index is 0.465. The van der Waals surface area contributed by atoms with E-state index in [0.29, 0.717) is 5.75 Å². The topological polar surface area (TPSA) is 26.3 Å². The Hall–Kier alpha value is -1.31. The zero-order chi connectivity index (χ0) is 6.53. The fraction of sp³-hybridized carbons (Fsp3) is 0. The van der Waals surface area contributed by atoms with E-state index >= 15 is 0 Å². The molecule has 0 saturated heterocycles. The molecule has 0 unspecified atom stereocenters. The van der Waals surface area contributed by atoms with E-state index in [1.54, 1.807) is 24.3 Å². The number of hydrogen-bond donors (Lipinski definition) is 0. The minimum Gasteiger partial charge on any atom is -0.418 e. The predicted octanol–water partition coefficient (Wildman–Crippen LogP) is 0.933. The molecule has 44 valence electrons. The van der Waals surface area contributed by atoms with Gasteiger partial charge in [-0.25, -0.2) is 4.79 Å². The Labute approximate surface area is 53.1 Å². The van der Waals surface area contributed by atoms with Gasteiger partial charge in [-0.3, -0.25) is 0 Å². The lowest BCUT2D eigenvalue weighted by Crippen LogP contribution is -1.85. The SMILES string of the molecule is O=[C]Oc1c[c]ccc1. The van der Waals surface area contributed by atoms with E-state index in [4.69, 9.17) is 0 Å². The molecule has 0 aromatic heterocycles. The summed E-state index contributed by atoms with van der Waals surface area (Å²) in [4.78, 5) is 9.61. The Morgan fingerprint density at radius 2 is 2.56 bits per heavy atom. The lowest BCUT2D eigenvalue weighted by molar-refractivity contribution is 0.442. The van der Waals surface area contributed by atoms with Crippen molar-refractivity contribution in [1.82, 2.24) is 0 Å². The summed E-state index contributed by atoms with van der Waals surface area (Å²) in [5.74, 6) is 0.465. The molecule has 0 fully saturated rings. The standard InChI is InChI=1S/C7H4O2/c8-6-9-7-4-2-1-3-5-7/h1-2,4-5H. The van der Waals surface area contributed by atoms with Gasteiger partial charge in [0, 0.05) is 0 Å². The molecule has 0 aliphatic heterocycles. The molecule has 0 bridgehead atoms. The molecule has 0 heterocycles. The van der Waals surface area contributed by atoms with Crippen LogP contribution in [-0.4, -0.2) is 6.47 Å². The van der Waals surface area contributed by atoms with Gasteiger partial charge < -0.3 is 4.74 Å². The molecule has 1 aromatic rings. The summed E-state index contributed by atoms with van der Waals surface area (Å²) in [5, 5.41) is 0. The molecule has 0 N–H and O–H groups in total. The zero-order valence-electron chi connectivity index (χ0n) is 4.63. The average molecular weight is 120 g/mol. The molecule has 2 nitrogen and oxygen atoms in total. The van der Waals surface area contributed by atoms with Crippen LogP contribution in [0.5, 0.6) is 5.75 Å². The lowest BCUT2D eigenvalue weighted by Gasteiger charge is -1.90. The highest BCUT2D eigenvalue weighted by Crippen LogP contribution is 2.05. The summed E-state index contributed by atoms with van der Waals surface area (Å²) in [6.45, 7) is 1.31. The quantitative estimate of drug-likeness (QED) is 0.580. The van der Waals surface area contributed by atoms with Gasteiger partial charge in [0.1, 0.15) is 5.75 Å². The van der Waals surface area contributed by atoms with E-state index in [0.717, 1.165) is 0 Å². The molecule has 9 heavy (non-hydrogen) atoms. The van der Waals surface area contributed by atoms with Crippen molar-refractivity contribution in [3.63, 3.8) is 0 Å². The van der Waals surface area contributed by atoms with E-state index in [9.17, 15) is 4.79 Å². The molecule has 1 rings (SSSR count). The number of rotatable bonds is 2. The van der Waals surface area contributed by atoms with E-state index in [1.165, 1.54) is 6.47 Å². The largest absolute Gasteiger partial charge is 0.423 e. The van der Waals surface area contributed by atoms with Gasteiger partial charge in [0.25, 0.3) is 0 Å². The number of hydrogen-bond acceptors (Lipinski definition) is 2. The fourth-order valence-corrected chi connectivity index (χ4v) is 0.488.